The Morgan fingerprint density at radius 2 is 2.00 bits per heavy atom. The first-order valence-electron chi connectivity index (χ1n) is 6.46. The average molecular weight is 285 g/mol. The van der Waals surface area contributed by atoms with Gasteiger partial charge in [-0.15, -0.1) is 0 Å². The number of methoxy groups -OCH3 is 1. The quantitative estimate of drug-likeness (QED) is 0.859. The predicted octanol–water partition coefficient (Wildman–Crippen LogP) is 3.09. The zero-order chi connectivity index (χ0) is 13.9. The third-order valence-corrected chi connectivity index (χ3v) is 3.69. The van der Waals surface area contributed by atoms with Crippen LogP contribution in [0.2, 0.25) is 0 Å². The minimum atomic E-state index is -0.0671. The first kappa shape index (κ1) is 12.9. The molecule has 0 aliphatic carbocycles. The van der Waals surface area contributed by atoms with Gasteiger partial charge in [-0.3, -0.25) is 0 Å². The molecule has 20 heavy (non-hydrogen) atoms. The van der Waals surface area contributed by atoms with Gasteiger partial charge in [0.05, 0.1) is 19.2 Å². The smallest absolute Gasteiger partial charge is 0.141 e. The third-order valence-electron chi connectivity index (χ3n) is 3.32. The van der Waals surface area contributed by atoms with Gasteiger partial charge in [0, 0.05) is 6.07 Å². The first-order valence-corrected chi connectivity index (χ1v) is 6.86. The van der Waals surface area contributed by atoms with E-state index in [0.29, 0.717) is 11.5 Å². The summed E-state index contributed by atoms with van der Waals surface area (Å²) in [5.74, 6) is 1.52. The van der Waals surface area contributed by atoms with E-state index < -0.39 is 0 Å². The van der Waals surface area contributed by atoms with E-state index in [4.69, 9.17) is 21.7 Å². The molecule has 0 fully saturated rings. The van der Waals surface area contributed by atoms with E-state index >= 15 is 0 Å². The molecule has 0 aromatic heterocycles. The topological polar surface area (TPSA) is 30.5 Å². The van der Waals surface area contributed by atoms with Crippen molar-refractivity contribution in [3.8, 4) is 11.5 Å². The highest BCUT2D eigenvalue weighted by molar-refractivity contribution is 7.80. The molecule has 4 heteroatoms. The van der Waals surface area contributed by atoms with Crippen LogP contribution in [0, 0.1) is 0 Å². The number of rotatable bonds is 2. The first-order chi connectivity index (χ1) is 9.78. The molecule has 102 valence electrons. The zero-order valence-corrected chi connectivity index (χ0v) is 11.9. The van der Waals surface area contributed by atoms with E-state index in [0.717, 1.165) is 22.6 Å². The lowest BCUT2D eigenvalue weighted by molar-refractivity contribution is 0.212. The van der Waals surface area contributed by atoms with E-state index in [-0.39, 0.29) is 6.10 Å². The predicted molar refractivity (Wildman–Crippen MR) is 82.5 cm³/mol. The van der Waals surface area contributed by atoms with Crippen molar-refractivity contribution >= 4 is 17.2 Å². The molecule has 2 aromatic rings. The summed E-state index contributed by atoms with van der Waals surface area (Å²) in [6.07, 6.45) is -0.0671. The highest BCUT2D eigenvalue weighted by atomic mass is 32.1. The van der Waals surface area contributed by atoms with Crippen LogP contribution in [0.3, 0.4) is 0 Å². The van der Waals surface area contributed by atoms with Crippen molar-refractivity contribution in [1.82, 2.24) is 5.32 Å². The van der Waals surface area contributed by atoms with Crippen LogP contribution < -0.4 is 14.8 Å². The minimum Gasteiger partial charge on any atom is -0.497 e. The number of hydrogen-bond acceptors (Lipinski definition) is 3. The Morgan fingerprint density at radius 1 is 1.20 bits per heavy atom. The molecule has 0 amide bonds. The molecule has 1 heterocycles. The van der Waals surface area contributed by atoms with Crippen LogP contribution in [0.4, 0.5) is 0 Å². The Labute approximate surface area is 123 Å². The standard InChI is InChI=1S/C16H15NO2S/c1-18-12-7-8-13-14(9-12)19-15(10-17-16(13)20)11-5-3-2-4-6-11/h2-9,15H,10H2,1H3,(H,17,20)/t15-/m1/s1. The molecule has 3 rings (SSSR count). The number of benzene rings is 2. The molecule has 1 aliphatic heterocycles. The summed E-state index contributed by atoms with van der Waals surface area (Å²) in [5, 5.41) is 3.25. The van der Waals surface area contributed by atoms with Crippen LogP contribution in [-0.2, 0) is 0 Å². The summed E-state index contributed by atoms with van der Waals surface area (Å²) in [5.41, 5.74) is 2.03. The van der Waals surface area contributed by atoms with Gasteiger partial charge in [0.1, 0.15) is 22.6 Å². The summed E-state index contributed by atoms with van der Waals surface area (Å²) in [6.45, 7) is 0.653. The van der Waals surface area contributed by atoms with E-state index in [2.05, 4.69) is 17.4 Å². The monoisotopic (exact) mass is 285 g/mol. The summed E-state index contributed by atoms with van der Waals surface area (Å²) in [7, 11) is 1.64. The number of nitrogens with one attached hydrogen (secondary N) is 1. The van der Waals surface area contributed by atoms with Gasteiger partial charge < -0.3 is 14.8 Å². The molecule has 0 bridgehead atoms. The number of thiocarbonyl (C=S) groups is 1. The molecule has 3 nitrogen and oxygen atoms in total. The van der Waals surface area contributed by atoms with Crippen LogP contribution in [0.15, 0.2) is 48.5 Å². The maximum atomic E-state index is 6.13. The van der Waals surface area contributed by atoms with E-state index in [1.54, 1.807) is 7.11 Å². The van der Waals surface area contributed by atoms with Crippen molar-refractivity contribution in [1.29, 1.82) is 0 Å². The van der Waals surface area contributed by atoms with Crippen LogP contribution >= 0.6 is 12.2 Å². The Hall–Kier alpha value is -2.07. The second-order valence-electron chi connectivity index (χ2n) is 4.59. The van der Waals surface area contributed by atoms with Gasteiger partial charge in [-0.05, 0) is 17.7 Å². The van der Waals surface area contributed by atoms with Gasteiger partial charge in [-0.25, -0.2) is 0 Å². The number of fused-ring (bicyclic) bond motifs is 1. The molecule has 1 atom stereocenters. The lowest BCUT2D eigenvalue weighted by Crippen LogP contribution is -2.26. The van der Waals surface area contributed by atoms with Gasteiger partial charge in [0.15, 0.2) is 0 Å². The molecule has 0 saturated heterocycles. The third kappa shape index (κ3) is 2.47. The van der Waals surface area contributed by atoms with Crippen molar-refractivity contribution in [2.45, 2.75) is 6.10 Å². The minimum absolute atomic E-state index is 0.0671. The SMILES string of the molecule is COc1ccc2c(c1)O[C@@H](c1ccccc1)CNC2=S. The fourth-order valence-corrected chi connectivity index (χ4v) is 2.50. The fraction of sp³-hybridized carbons (Fsp3) is 0.188. The van der Waals surface area contributed by atoms with Gasteiger partial charge in [0.25, 0.3) is 0 Å². The second kappa shape index (κ2) is 5.51. The maximum Gasteiger partial charge on any atom is 0.141 e. The van der Waals surface area contributed by atoms with Crippen molar-refractivity contribution in [3.05, 3.63) is 59.7 Å². The van der Waals surface area contributed by atoms with Crippen LogP contribution in [0.25, 0.3) is 0 Å². The molecule has 2 aromatic carbocycles. The molecule has 1 aliphatic rings. The van der Waals surface area contributed by atoms with Crippen molar-refractivity contribution in [2.75, 3.05) is 13.7 Å². The molecular weight excluding hydrogens is 270 g/mol. The lowest BCUT2D eigenvalue weighted by atomic mass is 10.1. The van der Waals surface area contributed by atoms with Gasteiger partial charge in [-0.2, -0.15) is 0 Å². The molecule has 0 unspecified atom stereocenters. The average Bonchev–Trinajstić information content (AvgIpc) is 2.67. The van der Waals surface area contributed by atoms with Crippen LogP contribution in [-0.4, -0.2) is 18.6 Å². The molecule has 0 spiro atoms. The second-order valence-corrected chi connectivity index (χ2v) is 5.00. The highest BCUT2D eigenvalue weighted by Gasteiger charge is 2.22. The van der Waals surface area contributed by atoms with E-state index in [1.165, 1.54) is 0 Å². The van der Waals surface area contributed by atoms with Crippen molar-refractivity contribution in [3.63, 3.8) is 0 Å². The van der Waals surface area contributed by atoms with Crippen LogP contribution in [0.5, 0.6) is 11.5 Å². The Bertz CT molecular complexity index is 628. The van der Waals surface area contributed by atoms with Gasteiger partial charge in [0.2, 0.25) is 0 Å². The van der Waals surface area contributed by atoms with E-state index in [1.807, 2.05) is 36.4 Å². The highest BCUT2D eigenvalue weighted by Crippen LogP contribution is 2.31. The Balaban J connectivity index is 1.98. The Kier molecular flexibility index (Phi) is 3.56. The molecule has 0 radical (unpaired) electrons. The van der Waals surface area contributed by atoms with E-state index in [9.17, 15) is 0 Å². The molecule has 0 saturated carbocycles. The van der Waals surface area contributed by atoms with Crippen molar-refractivity contribution in [2.24, 2.45) is 0 Å². The largest absolute Gasteiger partial charge is 0.497 e. The summed E-state index contributed by atoms with van der Waals surface area (Å²) < 4.78 is 11.4. The summed E-state index contributed by atoms with van der Waals surface area (Å²) >= 11 is 5.40. The lowest BCUT2D eigenvalue weighted by Gasteiger charge is -2.17. The summed E-state index contributed by atoms with van der Waals surface area (Å²) in [4.78, 5) is 0.709. The van der Waals surface area contributed by atoms with Gasteiger partial charge >= 0.3 is 0 Å². The fourth-order valence-electron chi connectivity index (χ4n) is 2.24. The Morgan fingerprint density at radius 3 is 2.75 bits per heavy atom. The van der Waals surface area contributed by atoms with Crippen LogP contribution in [0.1, 0.15) is 17.2 Å². The normalized spacial score (nSPS) is 17.4. The number of hydrogen-bond donors (Lipinski definition) is 1. The maximum absolute atomic E-state index is 6.13. The summed E-state index contributed by atoms with van der Waals surface area (Å²) in [6, 6.07) is 15.8. The zero-order valence-electron chi connectivity index (χ0n) is 11.1. The molecule has 1 N–H and O–H groups in total. The molecular formula is C16H15NO2S. The van der Waals surface area contributed by atoms with Gasteiger partial charge in [-0.1, -0.05) is 42.5 Å². The number of ether oxygens (including phenoxy) is 2. The van der Waals surface area contributed by atoms with Crippen molar-refractivity contribution < 1.29 is 9.47 Å².